The molecule has 0 aromatic heterocycles. The highest BCUT2D eigenvalue weighted by molar-refractivity contribution is 5.90. The van der Waals surface area contributed by atoms with Crippen LogP contribution in [-0.4, -0.2) is 46.7 Å². The van der Waals surface area contributed by atoms with E-state index in [2.05, 4.69) is 13.8 Å². The third-order valence-corrected chi connectivity index (χ3v) is 7.72. The van der Waals surface area contributed by atoms with Crippen LogP contribution in [0.1, 0.15) is 63.7 Å². The van der Waals surface area contributed by atoms with Crippen molar-refractivity contribution in [1.29, 1.82) is 0 Å². The highest BCUT2D eigenvalue weighted by atomic mass is 16.6. The predicted octanol–water partition coefficient (Wildman–Crippen LogP) is 3.68. The van der Waals surface area contributed by atoms with Crippen LogP contribution in [0, 0.1) is 17.3 Å². The smallest absolute Gasteiger partial charge is 0.338 e. The summed E-state index contributed by atoms with van der Waals surface area (Å²) in [5.41, 5.74) is -1.07. The van der Waals surface area contributed by atoms with E-state index in [0.717, 1.165) is 12.8 Å². The van der Waals surface area contributed by atoms with Gasteiger partial charge in [-0.15, -0.1) is 0 Å². The minimum atomic E-state index is -0.880. The molecular formula is C23H32O6. The lowest BCUT2D eigenvalue weighted by Crippen LogP contribution is -2.50. The molecule has 0 bridgehead atoms. The first kappa shape index (κ1) is 20.5. The molecule has 6 atom stereocenters. The minimum Gasteiger partial charge on any atom is -0.504 e. The van der Waals surface area contributed by atoms with Crippen molar-refractivity contribution in [3.63, 3.8) is 0 Å². The number of hydrogen-bond donors (Lipinski definition) is 2. The van der Waals surface area contributed by atoms with Gasteiger partial charge in [-0.1, -0.05) is 20.8 Å². The summed E-state index contributed by atoms with van der Waals surface area (Å²) in [6.45, 7) is 8.34. The van der Waals surface area contributed by atoms with Gasteiger partial charge in [-0.25, -0.2) is 4.79 Å². The first-order valence-corrected chi connectivity index (χ1v) is 10.5. The van der Waals surface area contributed by atoms with Gasteiger partial charge in [0.15, 0.2) is 11.5 Å². The molecule has 2 saturated carbocycles. The van der Waals surface area contributed by atoms with E-state index in [1.807, 2.05) is 13.8 Å². The molecule has 0 spiro atoms. The van der Waals surface area contributed by atoms with Crippen molar-refractivity contribution < 1.29 is 29.2 Å². The molecule has 6 heteroatoms. The monoisotopic (exact) mass is 404 g/mol. The predicted molar refractivity (Wildman–Crippen MR) is 107 cm³/mol. The molecule has 3 fully saturated rings. The van der Waals surface area contributed by atoms with Crippen LogP contribution >= 0.6 is 0 Å². The Morgan fingerprint density at radius 1 is 1.24 bits per heavy atom. The van der Waals surface area contributed by atoms with Crippen LogP contribution in [0.3, 0.4) is 0 Å². The van der Waals surface area contributed by atoms with Crippen molar-refractivity contribution in [2.45, 2.75) is 76.8 Å². The molecule has 0 radical (unpaired) electrons. The van der Waals surface area contributed by atoms with E-state index in [0.29, 0.717) is 18.6 Å². The van der Waals surface area contributed by atoms with E-state index in [9.17, 15) is 15.0 Å². The Kier molecular flexibility index (Phi) is 4.67. The van der Waals surface area contributed by atoms with Gasteiger partial charge in [-0.05, 0) is 55.7 Å². The first-order valence-electron chi connectivity index (χ1n) is 10.5. The van der Waals surface area contributed by atoms with Gasteiger partial charge in [0, 0.05) is 12.3 Å². The number of aromatic hydroxyl groups is 1. The number of phenolic OH excluding ortho intramolecular Hbond substituents is 1. The Bertz CT molecular complexity index is 822. The van der Waals surface area contributed by atoms with Gasteiger partial charge in [0.2, 0.25) is 0 Å². The van der Waals surface area contributed by atoms with Gasteiger partial charge in [0.1, 0.15) is 6.10 Å². The highest BCUT2D eigenvalue weighted by Gasteiger charge is 2.68. The van der Waals surface area contributed by atoms with Gasteiger partial charge in [-0.2, -0.15) is 0 Å². The topological polar surface area (TPSA) is 88.5 Å². The van der Waals surface area contributed by atoms with Crippen LogP contribution in [0.4, 0.5) is 0 Å². The average molecular weight is 405 g/mol. The zero-order chi connectivity index (χ0) is 21.2. The standard InChI is InChI=1S/C23H32O6/c1-13(2)23(26)9-8-21(3)12-18-22(4,29-18)11-17(19(21)23)28-20(25)14-6-7-16(27-5)15(24)10-14/h6-7,10,13,17-19,24,26H,8-9,11-12H2,1-5H3. The van der Waals surface area contributed by atoms with E-state index in [1.165, 1.54) is 13.2 Å². The molecule has 0 amide bonds. The number of phenols is 1. The maximum absolute atomic E-state index is 13.0. The van der Waals surface area contributed by atoms with Crippen LogP contribution in [-0.2, 0) is 9.47 Å². The lowest BCUT2D eigenvalue weighted by molar-refractivity contribution is -0.120. The molecule has 1 aliphatic heterocycles. The third kappa shape index (κ3) is 3.21. The molecule has 1 saturated heterocycles. The van der Waals surface area contributed by atoms with Crippen LogP contribution in [0.5, 0.6) is 11.5 Å². The lowest BCUT2D eigenvalue weighted by Gasteiger charge is -2.44. The Morgan fingerprint density at radius 2 is 1.97 bits per heavy atom. The largest absolute Gasteiger partial charge is 0.504 e. The average Bonchev–Trinajstić information content (AvgIpc) is 3.18. The number of fused-ring (bicyclic) bond motifs is 2. The number of rotatable bonds is 4. The van der Waals surface area contributed by atoms with Gasteiger partial charge in [0.25, 0.3) is 0 Å². The first-order chi connectivity index (χ1) is 13.5. The number of carbonyl (C=O) groups excluding carboxylic acids is 1. The SMILES string of the molecule is COc1ccc(C(=O)OC2CC3(C)OC3CC3(C)CCC(O)(C(C)C)C23)cc1O. The highest BCUT2D eigenvalue weighted by Crippen LogP contribution is 2.63. The maximum Gasteiger partial charge on any atom is 0.338 e. The summed E-state index contributed by atoms with van der Waals surface area (Å²) in [5.74, 6) is -0.404. The molecule has 4 rings (SSSR count). The van der Waals surface area contributed by atoms with Crippen LogP contribution in [0.15, 0.2) is 18.2 Å². The molecular weight excluding hydrogens is 372 g/mol. The van der Waals surface area contributed by atoms with Crippen LogP contribution in [0.25, 0.3) is 0 Å². The molecule has 1 aromatic rings. The number of methoxy groups -OCH3 is 1. The van der Waals surface area contributed by atoms with Gasteiger partial charge < -0.3 is 24.4 Å². The fourth-order valence-electron chi connectivity index (χ4n) is 5.85. The second-order valence-electron chi connectivity index (χ2n) is 9.94. The Morgan fingerprint density at radius 3 is 2.59 bits per heavy atom. The molecule has 1 aromatic carbocycles. The number of carbonyl (C=O) groups is 1. The van der Waals surface area contributed by atoms with Gasteiger partial charge in [-0.3, -0.25) is 0 Å². The normalized spacial score (nSPS) is 40.7. The van der Waals surface area contributed by atoms with E-state index in [-0.39, 0.29) is 40.3 Å². The molecule has 2 N–H and O–H groups in total. The molecule has 2 aliphatic carbocycles. The quantitative estimate of drug-likeness (QED) is 0.588. The van der Waals surface area contributed by atoms with Crippen molar-refractivity contribution in [2.75, 3.05) is 7.11 Å². The summed E-state index contributed by atoms with van der Waals surface area (Å²) in [6.07, 6.45) is 2.73. The molecule has 160 valence electrons. The summed E-state index contributed by atoms with van der Waals surface area (Å²) in [6, 6.07) is 4.49. The second-order valence-corrected chi connectivity index (χ2v) is 9.94. The lowest BCUT2D eigenvalue weighted by atomic mass is 9.67. The molecule has 3 aliphatic rings. The summed E-state index contributed by atoms with van der Waals surface area (Å²) >= 11 is 0. The molecule has 1 heterocycles. The van der Waals surface area contributed by atoms with Crippen molar-refractivity contribution >= 4 is 5.97 Å². The number of hydrogen-bond acceptors (Lipinski definition) is 6. The number of benzene rings is 1. The van der Waals surface area contributed by atoms with E-state index in [4.69, 9.17) is 14.2 Å². The minimum absolute atomic E-state index is 0.0590. The Balaban J connectivity index is 1.66. The fraction of sp³-hybridized carbons (Fsp3) is 0.696. The van der Waals surface area contributed by atoms with E-state index < -0.39 is 17.7 Å². The molecule has 6 nitrogen and oxygen atoms in total. The third-order valence-electron chi connectivity index (χ3n) is 7.72. The second kappa shape index (κ2) is 6.61. The van der Waals surface area contributed by atoms with E-state index >= 15 is 0 Å². The Hall–Kier alpha value is -1.79. The van der Waals surface area contributed by atoms with Crippen molar-refractivity contribution in [3.05, 3.63) is 23.8 Å². The summed E-state index contributed by atoms with van der Waals surface area (Å²) in [4.78, 5) is 13.0. The maximum atomic E-state index is 13.0. The molecule has 6 unspecified atom stereocenters. The number of ether oxygens (including phenoxy) is 3. The summed E-state index contributed by atoms with van der Waals surface area (Å²) in [7, 11) is 1.46. The Labute approximate surface area is 172 Å². The molecule has 29 heavy (non-hydrogen) atoms. The van der Waals surface area contributed by atoms with Crippen molar-refractivity contribution in [2.24, 2.45) is 17.3 Å². The number of aliphatic hydroxyl groups is 1. The number of epoxide rings is 1. The van der Waals surface area contributed by atoms with Crippen molar-refractivity contribution in [3.8, 4) is 11.5 Å². The summed E-state index contributed by atoms with van der Waals surface area (Å²) in [5, 5.41) is 21.7. The van der Waals surface area contributed by atoms with Crippen molar-refractivity contribution in [1.82, 2.24) is 0 Å². The van der Waals surface area contributed by atoms with E-state index in [1.54, 1.807) is 12.1 Å². The van der Waals surface area contributed by atoms with Crippen LogP contribution in [0.2, 0.25) is 0 Å². The number of esters is 1. The van der Waals surface area contributed by atoms with Crippen LogP contribution < -0.4 is 4.74 Å². The van der Waals surface area contributed by atoms with Gasteiger partial charge >= 0.3 is 5.97 Å². The zero-order valence-corrected chi connectivity index (χ0v) is 17.9. The fourth-order valence-corrected chi connectivity index (χ4v) is 5.85. The van der Waals surface area contributed by atoms with Gasteiger partial charge in [0.05, 0.1) is 30.0 Å². The summed E-state index contributed by atoms with van der Waals surface area (Å²) < 4.78 is 17.1. The zero-order valence-electron chi connectivity index (χ0n) is 17.9.